The number of aryl methyl sites for hydroxylation is 1. The molecule has 0 saturated heterocycles. The molecular formula is C33H35N3O4. The molecule has 0 N–H and O–H groups in total. The number of esters is 1. The molecular weight excluding hydrogens is 502 g/mol. The number of benzene rings is 3. The van der Waals surface area contributed by atoms with Gasteiger partial charge < -0.3 is 14.5 Å². The lowest BCUT2D eigenvalue weighted by atomic mass is 9.99. The van der Waals surface area contributed by atoms with E-state index in [1.165, 1.54) is 4.90 Å². The second-order valence-electron chi connectivity index (χ2n) is 9.90. The van der Waals surface area contributed by atoms with Crippen molar-refractivity contribution in [1.82, 2.24) is 4.90 Å². The molecule has 0 bridgehead atoms. The highest BCUT2D eigenvalue weighted by atomic mass is 16.5. The van der Waals surface area contributed by atoms with Gasteiger partial charge in [0.25, 0.3) is 5.91 Å². The molecule has 7 nitrogen and oxygen atoms in total. The number of unbranched alkanes of at least 4 members (excludes halogenated alkanes) is 3. The van der Waals surface area contributed by atoms with Gasteiger partial charge in [-0.25, -0.2) is 0 Å². The number of hydrogen-bond acceptors (Lipinski definition) is 5. The van der Waals surface area contributed by atoms with Gasteiger partial charge in [0.1, 0.15) is 6.54 Å². The van der Waals surface area contributed by atoms with Gasteiger partial charge in [0.15, 0.2) is 0 Å². The van der Waals surface area contributed by atoms with Crippen molar-refractivity contribution in [3.05, 3.63) is 101 Å². The maximum atomic E-state index is 14.3. The van der Waals surface area contributed by atoms with Crippen molar-refractivity contribution >= 4 is 23.5 Å². The van der Waals surface area contributed by atoms with Crippen LogP contribution in [0.2, 0.25) is 0 Å². The first kappa shape index (κ1) is 28.6. The fourth-order valence-corrected chi connectivity index (χ4v) is 5.10. The molecule has 0 aliphatic carbocycles. The molecule has 0 radical (unpaired) electrons. The molecule has 206 valence electrons. The average Bonchev–Trinajstić information content (AvgIpc) is 3.07. The Morgan fingerprint density at radius 2 is 1.68 bits per heavy atom. The van der Waals surface area contributed by atoms with Crippen LogP contribution in [0, 0.1) is 11.3 Å². The van der Waals surface area contributed by atoms with Crippen LogP contribution in [-0.2, 0) is 27.3 Å². The molecule has 1 aliphatic heterocycles. The van der Waals surface area contributed by atoms with Gasteiger partial charge in [0, 0.05) is 6.42 Å². The largest absolute Gasteiger partial charge is 0.466 e. The van der Waals surface area contributed by atoms with E-state index in [1.54, 1.807) is 11.8 Å². The Morgan fingerprint density at radius 3 is 2.38 bits per heavy atom. The molecule has 7 heteroatoms. The minimum absolute atomic E-state index is 0.0521. The molecule has 0 fully saturated rings. The number of hydrogen-bond donors (Lipinski definition) is 0. The molecule has 3 aromatic carbocycles. The van der Waals surface area contributed by atoms with E-state index in [2.05, 4.69) is 6.07 Å². The van der Waals surface area contributed by atoms with Crippen LogP contribution >= 0.6 is 0 Å². The topological polar surface area (TPSA) is 90.7 Å². The fraction of sp³-hybridized carbons (Fsp3) is 0.333. The Labute approximate surface area is 236 Å². The van der Waals surface area contributed by atoms with Crippen molar-refractivity contribution in [3.63, 3.8) is 0 Å². The van der Waals surface area contributed by atoms with E-state index in [9.17, 15) is 14.4 Å². The minimum Gasteiger partial charge on any atom is -0.466 e. The van der Waals surface area contributed by atoms with E-state index >= 15 is 0 Å². The van der Waals surface area contributed by atoms with E-state index in [0.29, 0.717) is 24.2 Å². The van der Waals surface area contributed by atoms with Crippen molar-refractivity contribution in [2.75, 3.05) is 18.1 Å². The molecule has 0 saturated carbocycles. The van der Waals surface area contributed by atoms with Crippen LogP contribution < -0.4 is 4.90 Å². The molecule has 4 rings (SSSR count). The number of carbonyl (C=O) groups is 3. The van der Waals surface area contributed by atoms with Crippen molar-refractivity contribution in [2.45, 2.75) is 58.0 Å². The second-order valence-corrected chi connectivity index (χ2v) is 9.90. The highest BCUT2D eigenvalue weighted by molar-refractivity contribution is 6.10. The molecule has 0 aromatic heterocycles. The zero-order chi connectivity index (χ0) is 28.3. The molecule has 0 spiro atoms. The standard InChI is InChI=1S/C33H35N3O4/c1-2-40-32(38)22-30(27-16-10-6-11-17-27)36-24-31(37)35(23-26-14-8-5-9-15-26)29-19-18-25(21-28(29)33(36)39)13-7-3-4-12-20-34/h5-6,8-11,14-19,21,30H,2-4,7,12-13,22-24H2,1H3. The summed E-state index contributed by atoms with van der Waals surface area (Å²) in [6.07, 6.45) is 3.93. The summed E-state index contributed by atoms with van der Waals surface area (Å²) >= 11 is 0. The zero-order valence-corrected chi connectivity index (χ0v) is 22.9. The Balaban J connectivity index is 1.73. The van der Waals surface area contributed by atoms with E-state index < -0.39 is 12.0 Å². The van der Waals surface area contributed by atoms with Crippen LogP contribution in [0.4, 0.5) is 5.69 Å². The number of rotatable bonds is 12. The van der Waals surface area contributed by atoms with Gasteiger partial charge in [-0.2, -0.15) is 5.26 Å². The first-order valence-electron chi connectivity index (χ1n) is 13.9. The van der Waals surface area contributed by atoms with Gasteiger partial charge in [0.05, 0.1) is 42.9 Å². The van der Waals surface area contributed by atoms with Crippen LogP contribution in [-0.4, -0.2) is 35.8 Å². The third kappa shape index (κ3) is 7.15. The van der Waals surface area contributed by atoms with Gasteiger partial charge in [-0.05, 0) is 55.0 Å². The molecule has 2 amide bonds. The van der Waals surface area contributed by atoms with Crippen LogP contribution in [0.3, 0.4) is 0 Å². The van der Waals surface area contributed by atoms with Gasteiger partial charge in [-0.15, -0.1) is 0 Å². The number of nitrogens with zero attached hydrogens (tertiary/aromatic N) is 3. The molecule has 1 unspecified atom stereocenters. The van der Waals surface area contributed by atoms with Gasteiger partial charge in [-0.1, -0.05) is 73.2 Å². The van der Waals surface area contributed by atoms with E-state index in [4.69, 9.17) is 10.00 Å². The van der Waals surface area contributed by atoms with E-state index in [1.807, 2.05) is 78.9 Å². The third-order valence-corrected chi connectivity index (χ3v) is 7.11. The predicted octanol–water partition coefficient (Wildman–Crippen LogP) is 6.00. The average molecular weight is 538 g/mol. The smallest absolute Gasteiger partial charge is 0.308 e. The SMILES string of the molecule is CCOC(=O)CC(c1ccccc1)N1CC(=O)N(Cc2ccccc2)c2ccc(CCCCCC#N)cc2C1=O. The summed E-state index contributed by atoms with van der Waals surface area (Å²) in [5.41, 5.74) is 3.73. The molecule has 40 heavy (non-hydrogen) atoms. The zero-order valence-electron chi connectivity index (χ0n) is 22.9. The normalized spacial score (nSPS) is 13.8. The van der Waals surface area contributed by atoms with Gasteiger partial charge >= 0.3 is 5.97 Å². The summed E-state index contributed by atoms with van der Waals surface area (Å²) in [6.45, 7) is 2.15. The van der Waals surface area contributed by atoms with Crippen LogP contribution in [0.25, 0.3) is 0 Å². The van der Waals surface area contributed by atoms with E-state index in [-0.39, 0.29) is 31.4 Å². The summed E-state index contributed by atoms with van der Waals surface area (Å²) < 4.78 is 5.25. The Morgan fingerprint density at radius 1 is 0.950 bits per heavy atom. The lowest BCUT2D eigenvalue weighted by Crippen LogP contribution is -2.41. The van der Waals surface area contributed by atoms with Crippen LogP contribution in [0.1, 0.15) is 72.1 Å². The van der Waals surface area contributed by atoms with Crippen molar-refractivity contribution < 1.29 is 19.1 Å². The van der Waals surface area contributed by atoms with Gasteiger partial charge in [-0.3, -0.25) is 14.4 Å². The van der Waals surface area contributed by atoms with Crippen molar-refractivity contribution in [1.29, 1.82) is 5.26 Å². The quantitative estimate of drug-likeness (QED) is 0.209. The summed E-state index contributed by atoms with van der Waals surface area (Å²) in [4.78, 5) is 44.0. The van der Waals surface area contributed by atoms with Crippen LogP contribution in [0.15, 0.2) is 78.9 Å². The molecule has 3 aromatic rings. The Kier molecular flexibility index (Phi) is 10.1. The monoisotopic (exact) mass is 537 g/mol. The molecule has 1 atom stereocenters. The predicted molar refractivity (Wildman–Crippen MR) is 153 cm³/mol. The van der Waals surface area contributed by atoms with Crippen molar-refractivity contribution in [2.24, 2.45) is 0 Å². The molecule has 1 aliphatic rings. The van der Waals surface area contributed by atoms with Crippen molar-refractivity contribution in [3.8, 4) is 6.07 Å². The first-order valence-corrected chi connectivity index (χ1v) is 13.9. The van der Waals surface area contributed by atoms with Crippen LogP contribution in [0.5, 0.6) is 0 Å². The first-order chi connectivity index (χ1) is 19.5. The molecule has 1 heterocycles. The van der Waals surface area contributed by atoms with E-state index in [0.717, 1.165) is 42.4 Å². The lowest BCUT2D eigenvalue weighted by Gasteiger charge is -2.30. The summed E-state index contributed by atoms with van der Waals surface area (Å²) in [7, 11) is 0. The number of carbonyl (C=O) groups excluding carboxylic acids is 3. The number of amides is 2. The lowest BCUT2D eigenvalue weighted by molar-refractivity contribution is -0.144. The summed E-state index contributed by atoms with van der Waals surface area (Å²) in [5.74, 6) is -0.929. The highest BCUT2D eigenvalue weighted by Gasteiger charge is 2.37. The maximum absolute atomic E-state index is 14.3. The maximum Gasteiger partial charge on any atom is 0.308 e. The van der Waals surface area contributed by atoms with Gasteiger partial charge in [0.2, 0.25) is 5.91 Å². The number of ether oxygens (including phenoxy) is 1. The Hall–Kier alpha value is -4.44. The summed E-state index contributed by atoms with van der Waals surface area (Å²) in [6, 6.07) is 26.3. The second kappa shape index (κ2) is 14.1. The number of nitriles is 1. The fourth-order valence-electron chi connectivity index (χ4n) is 5.10. The highest BCUT2D eigenvalue weighted by Crippen LogP contribution is 2.34. The summed E-state index contributed by atoms with van der Waals surface area (Å²) in [5, 5.41) is 8.81. The minimum atomic E-state index is -0.657. The Bertz CT molecular complexity index is 1350. The third-order valence-electron chi connectivity index (χ3n) is 7.11. The number of fused-ring (bicyclic) bond motifs is 1. The number of anilines is 1.